The fraction of sp³-hybridized carbons (Fsp3) is 0.621. The highest BCUT2D eigenvalue weighted by Crippen LogP contribution is 2.25. The number of nitrogens with one attached hydrogen (secondary N) is 1. The molecule has 9 heteroatoms. The summed E-state index contributed by atoms with van der Waals surface area (Å²) in [5, 5.41) is 8.30. The molecular formula is C29H43N5O4. The molecule has 2 fully saturated rings. The monoisotopic (exact) mass is 525 g/mol. The Bertz CT molecular complexity index is 1030. The second kappa shape index (κ2) is 13.9. The van der Waals surface area contributed by atoms with E-state index < -0.39 is 0 Å². The molecule has 0 saturated carbocycles. The van der Waals surface area contributed by atoms with Crippen molar-refractivity contribution in [3.8, 4) is 11.3 Å². The van der Waals surface area contributed by atoms with Crippen LogP contribution in [0.25, 0.3) is 11.3 Å². The summed E-state index contributed by atoms with van der Waals surface area (Å²) in [5.74, 6) is 0.289. The van der Waals surface area contributed by atoms with Gasteiger partial charge in [0.2, 0.25) is 5.91 Å². The van der Waals surface area contributed by atoms with E-state index in [0.717, 1.165) is 24.1 Å². The van der Waals surface area contributed by atoms with Gasteiger partial charge in [-0.2, -0.15) is 5.10 Å². The predicted octanol–water partition coefficient (Wildman–Crippen LogP) is 2.91. The molecule has 2 amide bonds. The Kier molecular flexibility index (Phi) is 10.3. The molecule has 208 valence electrons. The highest BCUT2D eigenvalue weighted by atomic mass is 16.5. The summed E-state index contributed by atoms with van der Waals surface area (Å²) >= 11 is 0. The highest BCUT2D eigenvalue weighted by Gasteiger charge is 2.36. The first-order valence-corrected chi connectivity index (χ1v) is 14.0. The zero-order valence-electron chi connectivity index (χ0n) is 23.1. The van der Waals surface area contributed by atoms with E-state index in [1.54, 1.807) is 7.11 Å². The lowest BCUT2D eigenvalue weighted by Crippen LogP contribution is -2.56. The third-order valence-electron chi connectivity index (χ3n) is 7.30. The Morgan fingerprint density at radius 1 is 1.16 bits per heavy atom. The second-order valence-corrected chi connectivity index (χ2v) is 10.7. The van der Waals surface area contributed by atoms with Crippen LogP contribution in [-0.2, 0) is 20.8 Å². The van der Waals surface area contributed by atoms with Crippen LogP contribution < -0.4 is 5.32 Å². The standard InChI is InChI=1S/C29H43N5O4/c1-22(2)21-33(25-17-24(19-30-20-25)28(35)32-12-15-38-16-13-32)29(36)27-18-26(23-9-5-4-6-10-23)31-34(27)11-7-8-14-37-3/h4-6,9-10,18,22,24-25,30H,7-8,11-17,19-21H2,1-3H3/t24-,25+/m1/s1. The summed E-state index contributed by atoms with van der Waals surface area (Å²) in [6.45, 7) is 9.99. The van der Waals surface area contributed by atoms with Gasteiger partial charge in [0.25, 0.3) is 5.91 Å². The van der Waals surface area contributed by atoms with Crippen LogP contribution in [0.3, 0.4) is 0 Å². The van der Waals surface area contributed by atoms with Crippen molar-refractivity contribution in [2.45, 2.75) is 45.7 Å². The average molecular weight is 526 g/mol. The Morgan fingerprint density at radius 2 is 1.92 bits per heavy atom. The van der Waals surface area contributed by atoms with Crippen LogP contribution in [0.5, 0.6) is 0 Å². The van der Waals surface area contributed by atoms with Gasteiger partial charge in [-0.15, -0.1) is 0 Å². The van der Waals surface area contributed by atoms with Gasteiger partial charge in [0.15, 0.2) is 0 Å². The van der Waals surface area contributed by atoms with E-state index in [2.05, 4.69) is 19.2 Å². The number of amides is 2. The van der Waals surface area contributed by atoms with E-state index in [1.165, 1.54) is 0 Å². The van der Waals surface area contributed by atoms with Crippen molar-refractivity contribution in [3.63, 3.8) is 0 Å². The van der Waals surface area contributed by atoms with Crippen LogP contribution in [0, 0.1) is 11.8 Å². The van der Waals surface area contributed by atoms with Gasteiger partial charge in [-0.3, -0.25) is 14.3 Å². The van der Waals surface area contributed by atoms with Crippen molar-refractivity contribution in [1.82, 2.24) is 24.9 Å². The molecule has 1 aromatic heterocycles. The summed E-state index contributed by atoms with van der Waals surface area (Å²) in [7, 11) is 1.70. The van der Waals surface area contributed by atoms with Crippen molar-refractivity contribution in [2.24, 2.45) is 11.8 Å². The molecule has 2 saturated heterocycles. The maximum atomic E-state index is 14.2. The molecule has 3 heterocycles. The molecule has 2 aliphatic rings. The fourth-order valence-electron chi connectivity index (χ4n) is 5.34. The lowest BCUT2D eigenvalue weighted by molar-refractivity contribution is -0.140. The van der Waals surface area contributed by atoms with E-state index in [-0.39, 0.29) is 23.8 Å². The van der Waals surface area contributed by atoms with Crippen molar-refractivity contribution < 1.29 is 19.1 Å². The minimum atomic E-state index is -0.145. The number of morpholine rings is 1. The maximum absolute atomic E-state index is 14.2. The summed E-state index contributed by atoms with van der Waals surface area (Å²) in [5.41, 5.74) is 2.39. The van der Waals surface area contributed by atoms with Crippen LogP contribution in [0.2, 0.25) is 0 Å². The average Bonchev–Trinajstić information content (AvgIpc) is 3.38. The van der Waals surface area contributed by atoms with Gasteiger partial charge in [0.1, 0.15) is 5.69 Å². The number of ether oxygens (including phenoxy) is 2. The number of unbranched alkanes of at least 4 members (excludes halogenated alkanes) is 1. The van der Waals surface area contributed by atoms with Gasteiger partial charge in [0, 0.05) is 64.6 Å². The van der Waals surface area contributed by atoms with Crippen molar-refractivity contribution in [2.75, 3.05) is 59.7 Å². The van der Waals surface area contributed by atoms with Crippen LogP contribution in [0.15, 0.2) is 36.4 Å². The zero-order valence-corrected chi connectivity index (χ0v) is 23.1. The Balaban J connectivity index is 1.57. The van der Waals surface area contributed by atoms with Crippen molar-refractivity contribution in [3.05, 3.63) is 42.1 Å². The molecule has 1 aromatic carbocycles. The van der Waals surface area contributed by atoms with E-state index in [1.807, 2.05) is 50.9 Å². The number of hydrogen-bond acceptors (Lipinski definition) is 6. The molecule has 0 spiro atoms. The van der Waals surface area contributed by atoms with Crippen LogP contribution in [-0.4, -0.2) is 97.1 Å². The summed E-state index contributed by atoms with van der Waals surface area (Å²) in [6, 6.07) is 11.8. The van der Waals surface area contributed by atoms with Crippen LogP contribution in [0.4, 0.5) is 0 Å². The quantitative estimate of drug-likeness (QED) is 0.454. The van der Waals surface area contributed by atoms with Gasteiger partial charge in [-0.25, -0.2) is 0 Å². The predicted molar refractivity (Wildman–Crippen MR) is 147 cm³/mol. The fourth-order valence-corrected chi connectivity index (χ4v) is 5.34. The molecule has 2 atom stereocenters. The number of methoxy groups -OCH3 is 1. The normalized spacial score (nSPS) is 20.1. The Morgan fingerprint density at radius 3 is 2.63 bits per heavy atom. The van der Waals surface area contributed by atoms with E-state index in [9.17, 15) is 9.59 Å². The molecule has 0 bridgehead atoms. The number of hydrogen-bond donors (Lipinski definition) is 1. The first-order chi connectivity index (χ1) is 18.5. The topological polar surface area (TPSA) is 88.9 Å². The van der Waals surface area contributed by atoms with Gasteiger partial charge >= 0.3 is 0 Å². The zero-order chi connectivity index (χ0) is 26.9. The molecular weight excluding hydrogens is 482 g/mol. The van der Waals surface area contributed by atoms with Crippen molar-refractivity contribution in [1.29, 1.82) is 0 Å². The molecule has 2 aromatic rings. The van der Waals surface area contributed by atoms with Crippen LogP contribution >= 0.6 is 0 Å². The minimum Gasteiger partial charge on any atom is -0.385 e. The Hall–Kier alpha value is -2.75. The lowest BCUT2D eigenvalue weighted by Gasteiger charge is -2.40. The maximum Gasteiger partial charge on any atom is 0.272 e. The van der Waals surface area contributed by atoms with Gasteiger partial charge in [0.05, 0.1) is 24.8 Å². The number of nitrogens with zero attached hydrogens (tertiary/aromatic N) is 4. The first kappa shape index (κ1) is 28.3. The highest BCUT2D eigenvalue weighted by molar-refractivity contribution is 5.94. The SMILES string of the molecule is COCCCCn1nc(-c2ccccc2)cc1C(=O)N(CC(C)C)[C@@H]1CNC[C@H](C(=O)N2CCOCC2)C1. The third kappa shape index (κ3) is 7.21. The second-order valence-electron chi connectivity index (χ2n) is 10.7. The van der Waals surface area contributed by atoms with Gasteiger partial charge in [-0.05, 0) is 31.2 Å². The van der Waals surface area contributed by atoms with E-state index in [0.29, 0.717) is 77.1 Å². The molecule has 9 nitrogen and oxygen atoms in total. The van der Waals surface area contributed by atoms with Crippen molar-refractivity contribution >= 4 is 11.8 Å². The number of aryl methyl sites for hydroxylation is 1. The number of aromatic nitrogens is 2. The molecule has 4 rings (SSSR count). The summed E-state index contributed by atoms with van der Waals surface area (Å²) in [4.78, 5) is 31.4. The molecule has 2 aliphatic heterocycles. The summed E-state index contributed by atoms with van der Waals surface area (Å²) < 4.78 is 12.5. The summed E-state index contributed by atoms with van der Waals surface area (Å²) in [6.07, 6.45) is 2.43. The largest absolute Gasteiger partial charge is 0.385 e. The lowest BCUT2D eigenvalue weighted by atomic mass is 9.92. The van der Waals surface area contributed by atoms with Gasteiger partial charge < -0.3 is 24.6 Å². The molecule has 38 heavy (non-hydrogen) atoms. The smallest absolute Gasteiger partial charge is 0.272 e. The van der Waals surface area contributed by atoms with E-state index in [4.69, 9.17) is 14.6 Å². The number of piperidine rings is 1. The number of carbonyl (C=O) groups is 2. The number of rotatable bonds is 11. The molecule has 0 aliphatic carbocycles. The molecule has 0 radical (unpaired) electrons. The Labute approximate surface area is 226 Å². The first-order valence-electron chi connectivity index (χ1n) is 14.0. The molecule has 0 unspecified atom stereocenters. The van der Waals surface area contributed by atoms with E-state index >= 15 is 0 Å². The minimum absolute atomic E-state index is 0.0219. The van der Waals surface area contributed by atoms with Gasteiger partial charge in [-0.1, -0.05) is 44.2 Å². The van der Waals surface area contributed by atoms with Crippen LogP contribution in [0.1, 0.15) is 43.6 Å². The number of benzene rings is 1. The molecule has 1 N–H and O–H groups in total. The third-order valence-corrected chi connectivity index (χ3v) is 7.30. The number of carbonyl (C=O) groups excluding carboxylic acids is 2.